The van der Waals surface area contributed by atoms with Gasteiger partial charge in [-0.05, 0) is 18.6 Å². The third-order valence-corrected chi connectivity index (χ3v) is 3.07. The monoisotopic (exact) mass is 307 g/mol. The zero-order valence-electron chi connectivity index (χ0n) is 12.6. The van der Waals surface area contributed by atoms with Gasteiger partial charge in [-0.3, -0.25) is 4.79 Å². The number of ether oxygens (including phenoxy) is 2. The predicted molar refractivity (Wildman–Crippen MR) is 81.1 cm³/mol. The first kappa shape index (κ1) is 15.9. The minimum atomic E-state index is -0.259. The molecule has 2 rings (SSSR count). The summed E-state index contributed by atoms with van der Waals surface area (Å²) in [5.41, 5.74) is 0. The maximum absolute atomic E-state index is 11.6. The topological polar surface area (TPSA) is 88.7 Å². The highest BCUT2D eigenvalue weighted by molar-refractivity contribution is 5.74. The van der Waals surface area contributed by atoms with E-state index in [0.717, 1.165) is 5.75 Å². The molecular weight excluding hydrogens is 286 g/mol. The molecular formula is C15H21N3O4. The number of fused-ring (bicyclic) bond motifs is 1. The van der Waals surface area contributed by atoms with Gasteiger partial charge in [-0.2, -0.15) is 0 Å². The summed E-state index contributed by atoms with van der Waals surface area (Å²) in [6.45, 7) is 3.28. The summed E-state index contributed by atoms with van der Waals surface area (Å²) in [6.07, 6.45) is 0.476. The second-order valence-corrected chi connectivity index (χ2v) is 4.97. The first-order valence-corrected chi connectivity index (χ1v) is 7.30. The van der Waals surface area contributed by atoms with Crippen LogP contribution in [0.1, 0.15) is 13.3 Å². The van der Waals surface area contributed by atoms with Crippen molar-refractivity contribution in [3.8, 4) is 11.5 Å². The van der Waals surface area contributed by atoms with Gasteiger partial charge in [0.1, 0.15) is 6.61 Å². The first-order valence-electron chi connectivity index (χ1n) is 7.30. The van der Waals surface area contributed by atoms with Crippen molar-refractivity contribution in [3.63, 3.8) is 0 Å². The van der Waals surface area contributed by atoms with Crippen LogP contribution in [0.25, 0.3) is 0 Å². The normalized spacial score (nSPS) is 15.8. The lowest BCUT2D eigenvalue weighted by Crippen LogP contribution is -2.44. The number of benzene rings is 1. The molecule has 120 valence electrons. The number of urea groups is 1. The molecule has 0 spiro atoms. The maximum atomic E-state index is 11.6. The van der Waals surface area contributed by atoms with E-state index in [1.165, 1.54) is 6.92 Å². The van der Waals surface area contributed by atoms with Crippen molar-refractivity contribution in [2.24, 2.45) is 0 Å². The summed E-state index contributed by atoms with van der Waals surface area (Å²) in [5.74, 6) is 1.34. The van der Waals surface area contributed by atoms with E-state index in [0.29, 0.717) is 38.4 Å². The Morgan fingerprint density at radius 1 is 1.14 bits per heavy atom. The summed E-state index contributed by atoms with van der Waals surface area (Å²) >= 11 is 0. The second kappa shape index (κ2) is 8.11. The van der Waals surface area contributed by atoms with Crippen molar-refractivity contribution in [1.29, 1.82) is 0 Å². The molecule has 3 amide bonds. The van der Waals surface area contributed by atoms with Crippen LogP contribution >= 0.6 is 0 Å². The molecule has 3 N–H and O–H groups in total. The third kappa shape index (κ3) is 5.16. The van der Waals surface area contributed by atoms with Gasteiger partial charge in [0, 0.05) is 20.0 Å². The molecule has 1 aromatic carbocycles. The van der Waals surface area contributed by atoms with Crippen LogP contribution in [-0.2, 0) is 4.79 Å². The predicted octanol–water partition coefficient (Wildman–Crippen LogP) is 0.652. The van der Waals surface area contributed by atoms with Crippen LogP contribution in [0, 0.1) is 0 Å². The van der Waals surface area contributed by atoms with E-state index >= 15 is 0 Å². The van der Waals surface area contributed by atoms with Gasteiger partial charge in [0.25, 0.3) is 0 Å². The van der Waals surface area contributed by atoms with Crippen LogP contribution in [0.4, 0.5) is 4.79 Å². The Labute approximate surface area is 129 Å². The molecule has 1 aromatic rings. The number of hydrogen-bond acceptors (Lipinski definition) is 4. The summed E-state index contributed by atoms with van der Waals surface area (Å²) in [4.78, 5) is 22.3. The van der Waals surface area contributed by atoms with Crippen LogP contribution in [0.5, 0.6) is 11.5 Å². The molecule has 0 bridgehead atoms. The molecule has 22 heavy (non-hydrogen) atoms. The zero-order chi connectivity index (χ0) is 15.8. The van der Waals surface area contributed by atoms with Gasteiger partial charge in [0.15, 0.2) is 17.6 Å². The van der Waals surface area contributed by atoms with Crippen molar-refractivity contribution in [2.75, 3.05) is 26.2 Å². The van der Waals surface area contributed by atoms with Gasteiger partial charge in [-0.1, -0.05) is 12.1 Å². The molecule has 7 nitrogen and oxygen atoms in total. The largest absolute Gasteiger partial charge is 0.486 e. The Morgan fingerprint density at radius 3 is 2.64 bits per heavy atom. The first-order chi connectivity index (χ1) is 10.6. The number of carbonyl (C=O) groups excluding carboxylic acids is 2. The van der Waals surface area contributed by atoms with Crippen molar-refractivity contribution < 1.29 is 19.1 Å². The van der Waals surface area contributed by atoms with Gasteiger partial charge in [-0.25, -0.2) is 4.79 Å². The van der Waals surface area contributed by atoms with Gasteiger partial charge in [0.05, 0.1) is 6.54 Å². The highest BCUT2D eigenvalue weighted by Gasteiger charge is 2.20. The summed E-state index contributed by atoms with van der Waals surface area (Å²) in [5, 5.41) is 8.12. The van der Waals surface area contributed by atoms with E-state index in [-0.39, 0.29) is 18.0 Å². The number of hydrogen-bond donors (Lipinski definition) is 3. The number of nitrogens with one attached hydrogen (secondary N) is 3. The molecule has 1 atom stereocenters. The fourth-order valence-corrected chi connectivity index (χ4v) is 1.99. The van der Waals surface area contributed by atoms with Gasteiger partial charge in [-0.15, -0.1) is 0 Å². The lowest BCUT2D eigenvalue weighted by Gasteiger charge is -2.26. The molecule has 0 saturated carbocycles. The standard InChI is InChI=1S/C15H21N3O4/c1-11(19)16-7-4-8-17-15(20)18-9-12-10-21-13-5-2-3-6-14(13)22-12/h2-3,5-6,12H,4,7-10H2,1H3,(H,16,19)(H2,17,18,20)/t12-/m1/s1. The zero-order valence-corrected chi connectivity index (χ0v) is 12.6. The summed E-state index contributed by atoms with van der Waals surface area (Å²) in [7, 11) is 0. The summed E-state index contributed by atoms with van der Waals surface area (Å²) in [6, 6.07) is 7.18. The fraction of sp³-hybridized carbons (Fsp3) is 0.467. The maximum Gasteiger partial charge on any atom is 0.314 e. The van der Waals surface area contributed by atoms with Crippen LogP contribution in [-0.4, -0.2) is 44.3 Å². The van der Waals surface area contributed by atoms with Crippen LogP contribution in [0.2, 0.25) is 0 Å². The molecule has 7 heteroatoms. The molecule has 0 radical (unpaired) electrons. The highest BCUT2D eigenvalue weighted by atomic mass is 16.6. The SMILES string of the molecule is CC(=O)NCCCNC(=O)NC[C@@H]1COc2ccccc2O1. The van der Waals surface area contributed by atoms with E-state index in [2.05, 4.69) is 16.0 Å². The molecule has 1 aliphatic rings. The molecule has 0 aliphatic carbocycles. The molecule has 1 heterocycles. The Balaban J connectivity index is 1.60. The third-order valence-electron chi connectivity index (χ3n) is 3.07. The van der Waals surface area contributed by atoms with E-state index in [9.17, 15) is 9.59 Å². The van der Waals surface area contributed by atoms with Crippen molar-refractivity contribution in [2.45, 2.75) is 19.4 Å². The lowest BCUT2D eigenvalue weighted by atomic mass is 10.2. The fourth-order valence-electron chi connectivity index (χ4n) is 1.99. The van der Waals surface area contributed by atoms with Crippen LogP contribution in [0.15, 0.2) is 24.3 Å². The molecule has 0 fully saturated rings. The second-order valence-electron chi connectivity index (χ2n) is 4.97. The van der Waals surface area contributed by atoms with Gasteiger partial charge in [0.2, 0.25) is 5.91 Å². The molecule has 0 unspecified atom stereocenters. The van der Waals surface area contributed by atoms with E-state index in [1.54, 1.807) is 0 Å². The van der Waals surface area contributed by atoms with E-state index in [4.69, 9.17) is 9.47 Å². The van der Waals surface area contributed by atoms with Gasteiger partial charge >= 0.3 is 6.03 Å². The average molecular weight is 307 g/mol. The van der Waals surface area contributed by atoms with E-state index in [1.807, 2.05) is 24.3 Å². The number of para-hydroxylation sites is 2. The summed E-state index contributed by atoms with van der Waals surface area (Å²) < 4.78 is 11.3. The van der Waals surface area contributed by atoms with Crippen molar-refractivity contribution in [3.05, 3.63) is 24.3 Å². The van der Waals surface area contributed by atoms with Crippen LogP contribution < -0.4 is 25.4 Å². The highest BCUT2D eigenvalue weighted by Crippen LogP contribution is 2.30. The minimum Gasteiger partial charge on any atom is -0.486 e. The lowest BCUT2D eigenvalue weighted by molar-refractivity contribution is -0.118. The molecule has 0 saturated heterocycles. The number of amides is 3. The average Bonchev–Trinajstić information content (AvgIpc) is 2.52. The van der Waals surface area contributed by atoms with Crippen molar-refractivity contribution in [1.82, 2.24) is 16.0 Å². The Hall–Kier alpha value is -2.44. The van der Waals surface area contributed by atoms with Crippen molar-refractivity contribution >= 4 is 11.9 Å². The van der Waals surface area contributed by atoms with Gasteiger partial charge < -0.3 is 25.4 Å². The smallest absolute Gasteiger partial charge is 0.314 e. The minimum absolute atomic E-state index is 0.0702. The Kier molecular flexibility index (Phi) is 5.88. The Bertz CT molecular complexity index is 521. The molecule has 1 aliphatic heterocycles. The number of rotatable bonds is 6. The quantitative estimate of drug-likeness (QED) is 0.673. The number of carbonyl (C=O) groups is 2. The molecule has 0 aromatic heterocycles. The Morgan fingerprint density at radius 2 is 1.86 bits per heavy atom. The van der Waals surface area contributed by atoms with E-state index < -0.39 is 0 Å². The van der Waals surface area contributed by atoms with Crippen LogP contribution in [0.3, 0.4) is 0 Å².